The molecule has 1 aliphatic heterocycles. The minimum absolute atomic E-state index is 0.0353. The molecule has 1 unspecified atom stereocenters. The van der Waals surface area contributed by atoms with Gasteiger partial charge in [-0.3, -0.25) is 19.7 Å². The molecular formula is C29H30N4O4. The van der Waals surface area contributed by atoms with Gasteiger partial charge in [0.1, 0.15) is 0 Å². The van der Waals surface area contributed by atoms with Gasteiger partial charge in [-0.05, 0) is 42.4 Å². The van der Waals surface area contributed by atoms with Gasteiger partial charge in [0, 0.05) is 70.7 Å². The van der Waals surface area contributed by atoms with Crippen molar-refractivity contribution in [1.29, 1.82) is 0 Å². The Morgan fingerprint density at radius 2 is 1.95 bits per heavy atom. The summed E-state index contributed by atoms with van der Waals surface area (Å²) >= 11 is 0. The van der Waals surface area contributed by atoms with Crippen LogP contribution in [0, 0.1) is 15.5 Å². The van der Waals surface area contributed by atoms with Crippen molar-refractivity contribution in [3.05, 3.63) is 98.5 Å². The van der Waals surface area contributed by atoms with Crippen LogP contribution in [0.5, 0.6) is 0 Å². The first-order valence-electron chi connectivity index (χ1n) is 12.5. The zero-order valence-corrected chi connectivity index (χ0v) is 21.2. The van der Waals surface area contributed by atoms with Crippen LogP contribution in [0.15, 0.2) is 77.3 Å². The van der Waals surface area contributed by atoms with Crippen molar-refractivity contribution in [3.63, 3.8) is 0 Å². The van der Waals surface area contributed by atoms with Crippen molar-refractivity contribution in [2.45, 2.75) is 46.0 Å². The second kappa shape index (κ2) is 9.35. The van der Waals surface area contributed by atoms with E-state index in [4.69, 9.17) is 0 Å². The van der Waals surface area contributed by atoms with E-state index in [-0.39, 0.29) is 22.8 Å². The van der Waals surface area contributed by atoms with Crippen molar-refractivity contribution >= 4 is 28.3 Å². The molecule has 2 aromatic carbocycles. The molecular weight excluding hydrogens is 468 g/mol. The number of nitro benzene ring substituents is 1. The maximum atomic E-state index is 13.6. The molecule has 1 aliphatic carbocycles. The molecule has 0 fully saturated rings. The SMILES string of the molecule is CC1=C(C(=O)NCCc2c[nH]c3ccccc23)C(c2cccc([N+](=O)[O-])c2)C2=C(CC(C)(C)CC2=O)N1. The maximum absolute atomic E-state index is 13.6. The van der Waals surface area contributed by atoms with Gasteiger partial charge < -0.3 is 15.6 Å². The molecule has 0 spiro atoms. The molecule has 1 aromatic heterocycles. The van der Waals surface area contributed by atoms with E-state index in [0.29, 0.717) is 48.2 Å². The van der Waals surface area contributed by atoms with Gasteiger partial charge in [-0.15, -0.1) is 0 Å². The van der Waals surface area contributed by atoms with Gasteiger partial charge in [-0.1, -0.05) is 44.2 Å². The predicted molar refractivity (Wildman–Crippen MR) is 142 cm³/mol. The van der Waals surface area contributed by atoms with Crippen LogP contribution >= 0.6 is 0 Å². The number of Topliss-reactive ketones (excluding diaryl/α,β-unsaturated/α-hetero) is 1. The molecule has 8 heteroatoms. The number of fused-ring (bicyclic) bond motifs is 1. The second-order valence-electron chi connectivity index (χ2n) is 10.6. The number of non-ortho nitro benzene ring substituents is 1. The summed E-state index contributed by atoms with van der Waals surface area (Å²) in [5, 5.41) is 19.0. The highest BCUT2D eigenvalue weighted by Gasteiger charge is 2.42. The second-order valence-corrected chi connectivity index (χ2v) is 10.6. The van der Waals surface area contributed by atoms with E-state index < -0.39 is 10.8 Å². The predicted octanol–water partition coefficient (Wildman–Crippen LogP) is 5.04. The summed E-state index contributed by atoms with van der Waals surface area (Å²) in [4.78, 5) is 41.4. The lowest BCUT2D eigenvalue weighted by Gasteiger charge is -2.39. The monoisotopic (exact) mass is 498 g/mol. The Bertz CT molecular complexity index is 1490. The van der Waals surface area contributed by atoms with Crippen LogP contribution in [0.1, 0.15) is 50.7 Å². The lowest BCUT2D eigenvalue weighted by Crippen LogP contribution is -2.41. The van der Waals surface area contributed by atoms with E-state index in [1.165, 1.54) is 12.1 Å². The van der Waals surface area contributed by atoms with Gasteiger partial charge >= 0.3 is 0 Å². The van der Waals surface area contributed by atoms with Gasteiger partial charge in [0.05, 0.1) is 4.92 Å². The Balaban J connectivity index is 1.47. The average molecular weight is 499 g/mol. The molecule has 3 aromatic rings. The molecule has 5 rings (SSSR count). The molecule has 1 atom stereocenters. The van der Waals surface area contributed by atoms with Crippen molar-refractivity contribution in [3.8, 4) is 0 Å². The number of nitrogens with one attached hydrogen (secondary N) is 3. The number of nitro groups is 1. The van der Waals surface area contributed by atoms with E-state index in [0.717, 1.165) is 22.2 Å². The van der Waals surface area contributed by atoms with E-state index in [1.807, 2.05) is 51.2 Å². The summed E-state index contributed by atoms with van der Waals surface area (Å²) in [6.07, 6.45) is 3.60. The Labute approximate surface area is 215 Å². The molecule has 190 valence electrons. The fraction of sp³-hybridized carbons (Fsp3) is 0.310. The topological polar surface area (TPSA) is 117 Å². The van der Waals surface area contributed by atoms with E-state index in [2.05, 4.69) is 15.6 Å². The van der Waals surface area contributed by atoms with Gasteiger partial charge in [-0.25, -0.2) is 0 Å². The van der Waals surface area contributed by atoms with E-state index in [1.54, 1.807) is 12.1 Å². The first kappa shape index (κ1) is 24.5. The molecule has 37 heavy (non-hydrogen) atoms. The zero-order valence-electron chi connectivity index (χ0n) is 21.2. The van der Waals surface area contributed by atoms with Crippen LogP contribution in [-0.4, -0.2) is 28.1 Å². The Hall–Kier alpha value is -4.20. The van der Waals surface area contributed by atoms with Crippen LogP contribution in [0.3, 0.4) is 0 Å². The Kier molecular flexibility index (Phi) is 6.19. The summed E-state index contributed by atoms with van der Waals surface area (Å²) in [5.74, 6) is -0.995. The first-order chi connectivity index (χ1) is 17.6. The first-order valence-corrected chi connectivity index (χ1v) is 12.5. The molecule has 8 nitrogen and oxygen atoms in total. The Morgan fingerprint density at radius 1 is 1.16 bits per heavy atom. The van der Waals surface area contributed by atoms with Crippen LogP contribution in [0.4, 0.5) is 5.69 Å². The van der Waals surface area contributed by atoms with Gasteiger partial charge in [0.15, 0.2) is 5.78 Å². The highest BCUT2D eigenvalue weighted by molar-refractivity contribution is 6.05. The molecule has 1 amide bonds. The van der Waals surface area contributed by atoms with Crippen molar-refractivity contribution in [2.24, 2.45) is 5.41 Å². The third-order valence-corrected chi connectivity index (χ3v) is 7.25. The lowest BCUT2D eigenvalue weighted by molar-refractivity contribution is -0.384. The van der Waals surface area contributed by atoms with Crippen molar-refractivity contribution in [2.75, 3.05) is 6.54 Å². The van der Waals surface area contributed by atoms with Crippen LogP contribution in [0.25, 0.3) is 10.9 Å². The summed E-state index contributed by atoms with van der Waals surface area (Å²) in [6, 6.07) is 14.3. The molecule has 0 bridgehead atoms. The number of benzene rings is 2. The average Bonchev–Trinajstić information content (AvgIpc) is 3.25. The number of carbonyl (C=O) groups excluding carboxylic acids is 2. The van der Waals surface area contributed by atoms with Crippen molar-refractivity contribution < 1.29 is 14.5 Å². The number of nitrogens with zero attached hydrogens (tertiary/aromatic N) is 1. The number of allylic oxidation sites excluding steroid dienone is 3. The van der Waals surface area contributed by atoms with Gasteiger partial charge in [0.25, 0.3) is 5.69 Å². The quantitative estimate of drug-likeness (QED) is 0.325. The zero-order chi connectivity index (χ0) is 26.3. The van der Waals surface area contributed by atoms with E-state index in [9.17, 15) is 19.7 Å². The standard InChI is InChI=1S/C29H30N4O4/c1-17-25(28(35)30-12-11-19-16-31-22-10-5-4-9-21(19)22)26(18-7-6-8-20(13-18)33(36)37)27-23(32-17)14-29(2,3)15-24(27)34/h4-10,13,16,26,31-32H,11-12,14-15H2,1-3H3,(H,30,35). The minimum Gasteiger partial charge on any atom is -0.362 e. The smallest absolute Gasteiger partial charge is 0.269 e. The number of aromatic amines is 1. The number of hydrogen-bond acceptors (Lipinski definition) is 5. The minimum atomic E-state index is -0.673. The molecule has 0 saturated carbocycles. The third kappa shape index (κ3) is 4.67. The fourth-order valence-corrected chi connectivity index (χ4v) is 5.63. The molecule has 0 radical (unpaired) electrons. The lowest BCUT2D eigenvalue weighted by atomic mass is 9.68. The van der Waals surface area contributed by atoms with E-state index >= 15 is 0 Å². The number of rotatable bonds is 6. The number of hydrogen-bond donors (Lipinski definition) is 3. The molecule has 2 heterocycles. The maximum Gasteiger partial charge on any atom is 0.269 e. The fourth-order valence-electron chi connectivity index (χ4n) is 5.63. The van der Waals surface area contributed by atoms with Crippen LogP contribution in [-0.2, 0) is 16.0 Å². The van der Waals surface area contributed by atoms with Crippen LogP contribution < -0.4 is 10.6 Å². The number of aromatic nitrogens is 1. The summed E-state index contributed by atoms with van der Waals surface area (Å²) in [6.45, 7) is 6.33. The molecule has 0 saturated heterocycles. The summed E-state index contributed by atoms with van der Waals surface area (Å²) < 4.78 is 0. The number of dihydropyridines is 1. The Morgan fingerprint density at radius 3 is 2.73 bits per heavy atom. The highest BCUT2D eigenvalue weighted by atomic mass is 16.6. The molecule has 3 N–H and O–H groups in total. The van der Waals surface area contributed by atoms with Crippen LogP contribution in [0.2, 0.25) is 0 Å². The van der Waals surface area contributed by atoms with Gasteiger partial charge in [0.2, 0.25) is 5.91 Å². The number of para-hydroxylation sites is 1. The van der Waals surface area contributed by atoms with Gasteiger partial charge in [-0.2, -0.15) is 0 Å². The van der Waals surface area contributed by atoms with Crippen molar-refractivity contribution in [1.82, 2.24) is 15.6 Å². The molecule has 2 aliphatic rings. The summed E-state index contributed by atoms with van der Waals surface area (Å²) in [5.41, 5.74) is 4.84. The normalized spacial score (nSPS) is 19.0. The number of amides is 1. The third-order valence-electron chi connectivity index (χ3n) is 7.25. The summed E-state index contributed by atoms with van der Waals surface area (Å²) in [7, 11) is 0. The highest BCUT2D eigenvalue weighted by Crippen LogP contribution is 2.46. The number of ketones is 1. The largest absolute Gasteiger partial charge is 0.362 e. The number of H-pyrrole nitrogens is 1. The number of carbonyl (C=O) groups is 2.